The van der Waals surface area contributed by atoms with Crippen LogP contribution in [0.25, 0.3) is 0 Å². The van der Waals surface area contributed by atoms with Gasteiger partial charge in [0.05, 0.1) is 9.92 Å². The fourth-order valence-corrected chi connectivity index (χ4v) is 3.96. The molecule has 2 amide bonds. The Kier molecular flexibility index (Phi) is 6.57. The fraction of sp³-hybridized carbons (Fsp3) is 0.0476. The maximum atomic E-state index is 13.3. The van der Waals surface area contributed by atoms with E-state index in [4.69, 9.17) is 11.6 Å². The van der Waals surface area contributed by atoms with E-state index in [1.165, 1.54) is 31.2 Å². The molecule has 3 aromatic rings. The predicted molar refractivity (Wildman–Crippen MR) is 117 cm³/mol. The molecule has 0 radical (unpaired) electrons. The second-order valence-electron chi connectivity index (χ2n) is 6.47. The molecular formula is C21H17ClFN3O4S. The van der Waals surface area contributed by atoms with Gasteiger partial charge in [-0.2, -0.15) is 0 Å². The van der Waals surface area contributed by atoms with Crippen LogP contribution >= 0.6 is 11.6 Å². The molecule has 0 aromatic heterocycles. The minimum absolute atomic E-state index is 0.195. The molecule has 0 atom stereocenters. The van der Waals surface area contributed by atoms with E-state index in [1.807, 2.05) is 0 Å². The van der Waals surface area contributed by atoms with Gasteiger partial charge in [-0.3, -0.25) is 14.3 Å². The first-order valence-electron chi connectivity index (χ1n) is 8.91. The second kappa shape index (κ2) is 9.15. The van der Waals surface area contributed by atoms with Crippen molar-refractivity contribution < 1.29 is 22.4 Å². The number of nitrogens with one attached hydrogen (secondary N) is 3. The summed E-state index contributed by atoms with van der Waals surface area (Å²) in [6.07, 6.45) is 0. The minimum atomic E-state index is -3.99. The highest BCUT2D eigenvalue weighted by atomic mass is 35.5. The molecule has 0 fully saturated rings. The summed E-state index contributed by atoms with van der Waals surface area (Å²) in [6, 6.07) is 15.4. The van der Waals surface area contributed by atoms with Crippen molar-refractivity contribution in [2.24, 2.45) is 0 Å². The molecule has 3 rings (SSSR count). The van der Waals surface area contributed by atoms with Crippen LogP contribution in [-0.2, 0) is 14.8 Å². The number of sulfonamides is 1. The van der Waals surface area contributed by atoms with Gasteiger partial charge < -0.3 is 10.6 Å². The Morgan fingerprint density at radius 1 is 0.871 bits per heavy atom. The molecule has 31 heavy (non-hydrogen) atoms. The Bertz CT molecular complexity index is 1250. The Balaban J connectivity index is 1.70. The van der Waals surface area contributed by atoms with Gasteiger partial charge in [0, 0.05) is 29.5 Å². The summed E-state index contributed by atoms with van der Waals surface area (Å²) in [4.78, 5) is 23.4. The highest BCUT2D eigenvalue weighted by Crippen LogP contribution is 2.22. The van der Waals surface area contributed by atoms with Gasteiger partial charge in [-0.15, -0.1) is 0 Å². The van der Waals surface area contributed by atoms with Gasteiger partial charge in [-0.05, 0) is 60.7 Å². The van der Waals surface area contributed by atoms with Crippen LogP contribution in [0.5, 0.6) is 0 Å². The topological polar surface area (TPSA) is 104 Å². The summed E-state index contributed by atoms with van der Waals surface area (Å²) in [5.74, 6) is -1.37. The van der Waals surface area contributed by atoms with Gasteiger partial charge in [0.25, 0.3) is 15.9 Å². The monoisotopic (exact) mass is 461 g/mol. The lowest BCUT2D eigenvalue weighted by Crippen LogP contribution is -2.14. The van der Waals surface area contributed by atoms with E-state index in [0.29, 0.717) is 11.4 Å². The molecule has 10 heteroatoms. The smallest absolute Gasteiger partial charge is 0.261 e. The maximum absolute atomic E-state index is 13.3. The summed E-state index contributed by atoms with van der Waals surface area (Å²) in [7, 11) is -3.99. The number of carbonyl (C=O) groups excluding carboxylic acids is 2. The SMILES string of the molecule is CC(=O)Nc1cccc(NC(=O)c2ccc(NS(=O)(=O)c3ccc(F)c(Cl)c3)cc2)c1. The van der Waals surface area contributed by atoms with Crippen LogP contribution in [0.15, 0.2) is 71.6 Å². The van der Waals surface area contributed by atoms with E-state index in [9.17, 15) is 22.4 Å². The van der Waals surface area contributed by atoms with Crippen LogP contribution in [-0.4, -0.2) is 20.2 Å². The largest absolute Gasteiger partial charge is 0.326 e. The van der Waals surface area contributed by atoms with Gasteiger partial charge in [-0.25, -0.2) is 12.8 Å². The van der Waals surface area contributed by atoms with Crippen molar-refractivity contribution >= 4 is 50.5 Å². The molecule has 0 aliphatic rings. The van der Waals surface area contributed by atoms with Crippen molar-refractivity contribution in [1.29, 1.82) is 0 Å². The average Bonchev–Trinajstić information content (AvgIpc) is 2.70. The first-order valence-corrected chi connectivity index (χ1v) is 10.8. The molecule has 0 aliphatic heterocycles. The summed E-state index contributed by atoms with van der Waals surface area (Å²) in [5, 5.41) is 5.01. The first-order chi connectivity index (χ1) is 14.6. The number of rotatable bonds is 6. The van der Waals surface area contributed by atoms with Gasteiger partial charge in [0.15, 0.2) is 0 Å². The standard InChI is InChI=1S/C21H17ClFN3O4S/c1-13(27)24-16-3-2-4-17(11-16)25-21(28)14-5-7-15(8-6-14)26-31(29,30)18-9-10-20(23)19(22)12-18/h2-12,26H,1H3,(H,24,27)(H,25,28). The van der Waals surface area contributed by atoms with Gasteiger partial charge in [0.1, 0.15) is 5.82 Å². The highest BCUT2D eigenvalue weighted by Gasteiger charge is 2.16. The summed E-state index contributed by atoms with van der Waals surface area (Å²) < 4.78 is 40.5. The van der Waals surface area contributed by atoms with Crippen molar-refractivity contribution in [2.45, 2.75) is 11.8 Å². The molecule has 3 aromatic carbocycles. The van der Waals surface area contributed by atoms with Crippen LogP contribution in [0, 0.1) is 5.82 Å². The summed E-state index contributed by atoms with van der Waals surface area (Å²) in [5.41, 5.74) is 1.52. The third kappa shape index (κ3) is 5.80. The van der Waals surface area contributed by atoms with Crippen LogP contribution in [0.1, 0.15) is 17.3 Å². The first kappa shape index (κ1) is 22.3. The Morgan fingerprint density at radius 2 is 1.52 bits per heavy atom. The van der Waals surface area contributed by atoms with Crippen LogP contribution < -0.4 is 15.4 Å². The Labute approximate surface area is 183 Å². The van der Waals surface area contributed by atoms with Crippen molar-refractivity contribution in [2.75, 3.05) is 15.4 Å². The van der Waals surface area contributed by atoms with E-state index in [-0.39, 0.29) is 27.1 Å². The van der Waals surface area contributed by atoms with Crippen molar-refractivity contribution in [3.63, 3.8) is 0 Å². The predicted octanol–water partition coefficient (Wildman–Crippen LogP) is 4.49. The molecule has 0 saturated heterocycles. The molecule has 160 valence electrons. The van der Waals surface area contributed by atoms with Crippen molar-refractivity contribution in [1.82, 2.24) is 0 Å². The molecule has 0 bridgehead atoms. The lowest BCUT2D eigenvalue weighted by molar-refractivity contribution is -0.114. The van der Waals surface area contributed by atoms with Gasteiger partial charge in [0.2, 0.25) is 5.91 Å². The number of carbonyl (C=O) groups is 2. The van der Waals surface area contributed by atoms with Crippen LogP contribution in [0.3, 0.4) is 0 Å². The van der Waals surface area contributed by atoms with E-state index in [0.717, 1.165) is 18.2 Å². The van der Waals surface area contributed by atoms with Crippen LogP contribution in [0.4, 0.5) is 21.5 Å². The average molecular weight is 462 g/mol. The zero-order chi connectivity index (χ0) is 22.6. The zero-order valence-corrected chi connectivity index (χ0v) is 17.7. The van der Waals surface area contributed by atoms with Crippen molar-refractivity contribution in [3.8, 4) is 0 Å². The van der Waals surface area contributed by atoms with Gasteiger partial charge in [-0.1, -0.05) is 17.7 Å². The number of amides is 2. The molecule has 0 saturated carbocycles. The third-order valence-electron chi connectivity index (χ3n) is 4.04. The number of benzene rings is 3. The lowest BCUT2D eigenvalue weighted by atomic mass is 10.2. The van der Waals surface area contributed by atoms with E-state index < -0.39 is 21.7 Å². The molecule has 0 spiro atoms. The van der Waals surface area contributed by atoms with Crippen molar-refractivity contribution in [3.05, 3.63) is 83.1 Å². The Morgan fingerprint density at radius 3 is 2.13 bits per heavy atom. The molecule has 3 N–H and O–H groups in total. The third-order valence-corrected chi connectivity index (χ3v) is 5.71. The highest BCUT2D eigenvalue weighted by molar-refractivity contribution is 7.92. The van der Waals surface area contributed by atoms with Crippen LogP contribution in [0.2, 0.25) is 5.02 Å². The lowest BCUT2D eigenvalue weighted by Gasteiger charge is -2.10. The number of hydrogen-bond acceptors (Lipinski definition) is 4. The normalized spacial score (nSPS) is 10.9. The van der Waals surface area contributed by atoms with E-state index in [1.54, 1.807) is 24.3 Å². The summed E-state index contributed by atoms with van der Waals surface area (Å²) in [6.45, 7) is 1.38. The Hall–Kier alpha value is -3.43. The van der Waals surface area contributed by atoms with E-state index >= 15 is 0 Å². The quantitative estimate of drug-likeness (QED) is 0.503. The molecule has 0 heterocycles. The fourth-order valence-electron chi connectivity index (χ4n) is 2.63. The molecule has 0 aliphatic carbocycles. The van der Waals surface area contributed by atoms with Gasteiger partial charge >= 0.3 is 0 Å². The second-order valence-corrected chi connectivity index (χ2v) is 8.56. The minimum Gasteiger partial charge on any atom is -0.326 e. The number of halogens is 2. The summed E-state index contributed by atoms with van der Waals surface area (Å²) >= 11 is 5.65. The molecule has 0 unspecified atom stereocenters. The maximum Gasteiger partial charge on any atom is 0.261 e. The molecule has 7 nitrogen and oxygen atoms in total. The number of hydrogen-bond donors (Lipinski definition) is 3. The van der Waals surface area contributed by atoms with E-state index in [2.05, 4.69) is 15.4 Å². The molecular weight excluding hydrogens is 445 g/mol. The number of anilines is 3. The zero-order valence-electron chi connectivity index (χ0n) is 16.1.